The van der Waals surface area contributed by atoms with Crippen LogP contribution in [-0.2, 0) is 16.0 Å². The molecule has 5 heteroatoms. The van der Waals surface area contributed by atoms with E-state index >= 15 is 0 Å². The Morgan fingerprint density at radius 3 is 2.71 bits per heavy atom. The average Bonchev–Trinajstić information content (AvgIpc) is 2.30. The van der Waals surface area contributed by atoms with Crippen LogP contribution >= 0.6 is 11.6 Å². The Balaban J connectivity index is 2.32. The molecule has 0 aliphatic rings. The van der Waals surface area contributed by atoms with Crippen LogP contribution in [0, 0.1) is 0 Å². The Morgan fingerprint density at radius 2 is 2.12 bits per heavy atom. The van der Waals surface area contributed by atoms with Crippen molar-refractivity contribution in [3.63, 3.8) is 0 Å². The van der Waals surface area contributed by atoms with Gasteiger partial charge >= 0.3 is 0 Å². The number of methoxy groups -OCH3 is 1. The van der Waals surface area contributed by atoms with Gasteiger partial charge in [0.2, 0.25) is 5.91 Å². The summed E-state index contributed by atoms with van der Waals surface area (Å²) in [5.74, 6) is -0.137. The first kappa shape index (κ1) is 14.0. The molecule has 94 valence electrons. The lowest BCUT2D eigenvalue weighted by Crippen LogP contribution is -2.35. The van der Waals surface area contributed by atoms with E-state index in [1.165, 1.54) is 7.11 Å². The molecule has 0 aromatic heterocycles. The number of ether oxygens (including phenoxy) is 1. The van der Waals surface area contributed by atoms with Crippen molar-refractivity contribution < 1.29 is 14.6 Å². The van der Waals surface area contributed by atoms with Gasteiger partial charge in [-0.05, 0) is 17.7 Å². The SMILES string of the molecule is COCC(O)CNC(=O)Cc1ccc(Cl)cc1. The summed E-state index contributed by atoms with van der Waals surface area (Å²) in [7, 11) is 1.50. The number of aliphatic hydroxyl groups is 1. The number of hydrogen-bond acceptors (Lipinski definition) is 3. The van der Waals surface area contributed by atoms with Gasteiger partial charge in [0.15, 0.2) is 0 Å². The number of hydrogen-bond donors (Lipinski definition) is 2. The van der Waals surface area contributed by atoms with E-state index in [0.717, 1.165) is 5.56 Å². The van der Waals surface area contributed by atoms with Gasteiger partial charge in [0.1, 0.15) is 0 Å². The molecular formula is C12H16ClNO3. The quantitative estimate of drug-likeness (QED) is 0.800. The summed E-state index contributed by atoms with van der Waals surface area (Å²) in [6.07, 6.45) is -0.397. The third kappa shape index (κ3) is 5.68. The van der Waals surface area contributed by atoms with Crippen LogP contribution in [0.4, 0.5) is 0 Å². The molecule has 2 N–H and O–H groups in total. The number of aliphatic hydroxyl groups excluding tert-OH is 1. The predicted octanol–water partition coefficient (Wildman–Crippen LogP) is 1.01. The molecule has 1 unspecified atom stereocenters. The highest BCUT2D eigenvalue weighted by atomic mass is 35.5. The molecule has 1 rings (SSSR count). The van der Waals surface area contributed by atoms with Gasteiger partial charge in [-0.3, -0.25) is 4.79 Å². The number of halogens is 1. The number of carbonyl (C=O) groups is 1. The molecule has 0 heterocycles. The van der Waals surface area contributed by atoms with E-state index in [9.17, 15) is 9.90 Å². The zero-order valence-corrected chi connectivity index (χ0v) is 10.4. The molecule has 0 bridgehead atoms. The van der Waals surface area contributed by atoms with Gasteiger partial charge < -0.3 is 15.2 Å². The predicted molar refractivity (Wildman–Crippen MR) is 66.0 cm³/mol. The van der Waals surface area contributed by atoms with Crippen molar-refractivity contribution in [2.45, 2.75) is 12.5 Å². The third-order valence-corrected chi connectivity index (χ3v) is 2.42. The average molecular weight is 258 g/mol. The topological polar surface area (TPSA) is 58.6 Å². The molecule has 1 aromatic rings. The first-order valence-electron chi connectivity index (χ1n) is 5.30. The molecule has 0 radical (unpaired) electrons. The van der Waals surface area contributed by atoms with Crippen LogP contribution in [0.3, 0.4) is 0 Å². The number of benzene rings is 1. The second-order valence-electron chi connectivity index (χ2n) is 3.72. The molecule has 4 nitrogen and oxygen atoms in total. The molecule has 0 aliphatic carbocycles. The third-order valence-electron chi connectivity index (χ3n) is 2.17. The molecule has 0 saturated heterocycles. The van der Waals surface area contributed by atoms with Gasteiger partial charge in [-0.15, -0.1) is 0 Å². The van der Waals surface area contributed by atoms with Crippen LogP contribution in [0.2, 0.25) is 5.02 Å². The van der Waals surface area contributed by atoms with Crippen molar-refractivity contribution in [3.05, 3.63) is 34.9 Å². The van der Waals surface area contributed by atoms with Crippen molar-refractivity contribution >= 4 is 17.5 Å². The lowest BCUT2D eigenvalue weighted by molar-refractivity contribution is -0.121. The Morgan fingerprint density at radius 1 is 1.47 bits per heavy atom. The summed E-state index contributed by atoms with van der Waals surface area (Å²) in [5.41, 5.74) is 0.883. The zero-order valence-electron chi connectivity index (χ0n) is 9.65. The minimum absolute atomic E-state index is 0.137. The van der Waals surface area contributed by atoms with Crippen molar-refractivity contribution in [2.24, 2.45) is 0 Å². The van der Waals surface area contributed by atoms with Crippen LogP contribution in [0.25, 0.3) is 0 Å². The highest BCUT2D eigenvalue weighted by Gasteiger charge is 2.07. The maximum Gasteiger partial charge on any atom is 0.224 e. The van der Waals surface area contributed by atoms with Gasteiger partial charge in [-0.1, -0.05) is 23.7 Å². The fourth-order valence-corrected chi connectivity index (χ4v) is 1.46. The Hall–Kier alpha value is -1.10. The summed E-state index contributed by atoms with van der Waals surface area (Å²) >= 11 is 5.74. The Bertz CT molecular complexity index is 353. The van der Waals surface area contributed by atoms with E-state index < -0.39 is 6.10 Å². The van der Waals surface area contributed by atoms with Crippen molar-refractivity contribution in [3.8, 4) is 0 Å². The zero-order chi connectivity index (χ0) is 12.7. The first-order valence-corrected chi connectivity index (χ1v) is 5.67. The number of rotatable bonds is 6. The highest BCUT2D eigenvalue weighted by molar-refractivity contribution is 6.30. The molecule has 0 aliphatic heterocycles. The van der Waals surface area contributed by atoms with Crippen molar-refractivity contribution in [1.29, 1.82) is 0 Å². The highest BCUT2D eigenvalue weighted by Crippen LogP contribution is 2.09. The molecule has 17 heavy (non-hydrogen) atoms. The fourth-order valence-electron chi connectivity index (χ4n) is 1.33. The fraction of sp³-hybridized carbons (Fsp3) is 0.417. The van der Waals surface area contributed by atoms with E-state index in [1.54, 1.807) is 24.3 Å². The monoisotopic (exact) mass is 257 g/mol. The van der Waals surface area contributed by atoms with Crippen LogP contribution in [0.1, 0.15) is 5.56 Å². The van der Waals surface area contributed by atoms with Crippen LogP contribution in [-0.4, -0.2) is 37.4 Å². The smallest absolute Gasteiger partial charge is 0.224 e. The van der Waals surface area contributed by atoms with Gasteiger partial charge in [-0.25, -0.2) is 0 Å². The van der Waals surface area contributed by atoms with Gasteiger partial charge in [0.05, 0.1) is 19.1 Å². The van der Waals surface area contributed by atoms with E-state index in [2.05, 4.69) is 5.32 Å². The second kappa shape index (κ2) is 7.27. The molecule has 0 saturated carbocycles. The molecule has 1 aromatic carbocycles. The lowest BCUT2D eigenvalue weighted by Gasteiger charge is -2.10. The standard InChI is InChI=1S/C12H16ClNO3/c1-17-8-11(15)7-14-12(16)6-9-2-4-10(13)5-3-9/h2-5,11,15H,6-8H2,1H3,(H,14,16). The molecule has 0 fully saturated rings. The summed E-state index contributed by atoms with van der Waals surface area (Å²) in [4.78, 5) is 11.5. The normalized spacial score (nSPS) is 12.2. The summed E-state index contributed by atoms with van der Waals surface area (Å²) < 4.78 is 4.75. The van der Waals surface area contributed by atoms with E-state index in [4.69, 9.17) is 16.3 Å². The summed E-state index contributed by atoms with van der Waals surface area (Å²) in [6.45, 7) is 0.404. The lowest BCUT2D eigenvalue weighted by atomic mass is 10.1. The molecule has 0 spiro atoms. The first-order chi connectivity index (χ1) is 8.11. The van der Waals surface area contributed by atoms with Gasteiger partial charge in [-0.2, -0.15) is 0 Å². The van der Waals surface area contributed by atoms with E-state index in [-0.39, 0.29) is 25.5 Å². The van der Waals surface area contributed by atoms with E-state index in [0.29, 0.717) is 5.02 Å². The maximum absolute atomic E-state index is 11.5. The summed E-state index contributed by atoms with van der Waals surface area (Å²) in [5, 5.41) is 12.6. The van der Waals surface area contributed by atoms with Crippen molar-refractivity contribution in [1.82, 2.24) is 5.32 Å². The van der Waals surface area contributed by atoms with Gasteiger partial charge in [0.25, 0.3) is 0 Å². The summed E-state index contributed by atoms with van der Waals surface area (Å²) in [6, 6.07) is 7.08. The molecular weight excluding hydrogens is 242 g/mol. The number of nitrogens with one attached hydrogen (secondary N) is 1. The largest absolute Gasteiger partial charge is 0.389 e. The maximum atomic E-state index is 11.5. The molecule has 1 atom stereocenters. The number of amides is 1. The molecule has 1 amide bonds. The second-order valence-corrected chi connectivity index (χ2v) is 4.15. The van der Waals surface area contributed by atoms with Crippen LogP contribution in [0.15, 0.2) is 24.3 Å². The Kier molecular flexibility index (Phi) is 5.97. The minimum Gasteiger partial charge on any atom is -0.389 e. The van der Waals surface area contributed by atoms with E-state index in [1.807, 2.05) is 0 Å². The Labute approximate surface area is 106 Å². The van der Waals surface area contributed by atoms with Gasteiger partial charge in [0, 0.05) is 18.7 Å². The van der Waals surface area contributed by atoms with Crippen LogP contribution in [0.5, 0.6) is 0 Å². The van der Waals surface area contributed by atoms with Crippen molar-refractivity contribution in [2.75, 3.05) is 20.3 Å². The minimum atomic E-state index is -0.672. The van der Waals surface area contributed by atoms with Crippen LogP contribution < -0.4 is 5.32 Å². The number of carbonyl (C=O) groups excluding carboxylic acids is 1.